The molecule has 10 nitrogen and oxygen atoms in total. The number of nitro groups is 2. The van der Waals surface area contributed by atoms with Crippen LogP contribution in [0.15, 0.2) is 48.5 Å². The molecule has 24 heavy (non-hydrogen) atoms. The summed E-state index contributed by atoms with van der Waals surface area (Å²) in [6.07, 6.45) is 0. The zero-order valence-electron chi connectivity index (χ0n) is 11.9. The second-order valence-corrected chi connectivity index (χ2v) is 4.66. The van der Waals surface area contributed by atoms with Crippen LogP contribution in [0.5, 0.6) is 0 Å². The smallest absolute Gasteiger partial charge is 0.258 e. The fourth-order valence-corrected chi connectivity index (χ4v) is 1.98. The molecule has 0 N–H and O–H groups in total. The summed E-state index contributed by atoms with van der Waals surface area (Å²) in [4.78, 5) is 20.5. The maximum atomic E-state index is 10.8. The van der Waals surface area contributed by atoms with E-state index in [4.69, 9.17) is 0 Å². The molecule has 0 fully saturated rings. The lowest BCUT2D eigenvalue weighted by Crippen LogP contribution is -2.00. The molecule has 0 amide bonds. The van der Waals surface area contributed by atoms with Gasteiger partial charge >= 0.3 is 0 Å². The Hall–Kier alpha value is -3.82. The van der Waals surface area contributed by atoms with Crippen molar-refractivity contribution in [2.75, 3.05) is 0 Å². The summed E-state index contributed by atoms with van der Waals surface area (Å²) in [6.45, 7) is 0. The van der Waals surface area contributed by atoms with Crippen molar-refractivity contribution in [3.63, 3.8) is 0 Å². The van der Waals surface area contributed by atoms with E-state index in [9.17, 15) is 20.2 Å². The van der Waals surface area contributed by atoms with Gasteiger partial charge in [-0.05, 0) is 0 Å². The number of rotatable bonds is 4. The Balaban J connectivity index is 1.94. The van der Waals surface area contributed by atoms with Crippen molar-refractivity contribution in [3.8, 4) is 22.8 Å². The van der Waals surface area contributed by atoms with Crippen LogP contribution in [0.4, 0.5) is 11.4 Å². The molecule has 0 aliphatic heterocycles. The van der Waals surface area contributed by atoms with Gasteiger partial charge in [0.25, 0.3) is 11.4 Å². The molecule has 0 spiro atoms. The van der Waals surface area contributed by atoms with Crippen LogP contribution in [-0.4, -0.2) is 30.2 Å². The first-order chi connectivity index (χ1) is 11.5. The van der Waals surface area contributed by atoms with Crippen molar-refractivity contribution in [2.45, 2.75) is 0 Å². The van der Waals surface area contributed by atoms with Gasteiger partial charge in [0.2, 0.25) is 11.6 Å². The zero-order chi connectivity index (χ0) is 17.1. The molecule has 3 rings (SSSR count). The number of hydrogen-bond acceptors (Lipinski definition) is 8. The second-order valence-electron chi connectivity index (χ2n) is 4.66. The molecule has 0 unspecified atom stereocenters. The molecular formula is C14H8N6O4. The Bertz CT molecular complexity index is 852. The highest BCUT2D eigenvalue weighted by molar-refractivity contribution is 5.60. The molecule has 0 saturated carbocycles. The number of hydrogen-bond donors (Lipinski definition) is 0. The van der Waals surface area contributed by atoms with Crippen LogP contribution in [0.3, 0.4) is 0 Å². The van der Waals surface area contributed by atoms with Gasteiger partial charge in [-0.1, -0.05) is 24.3 Å². The van der Waals surface area contributed by atoms with Gasteiger partial charge in [-0.3, -0.25) is 20.2 Å². The van der Waals surface area contributed by atoms with Gasteiger partial charge < -0.3 is 0 Å². The predicted octanol–water partition coefficient (Wildman–Crippen LogP) is 2.42. The average Bonchev–Trinajstić information content (AvgIpc) is 2.62. The topological polar surface area (TPSA) is 138 Å². The van der Waals surface area contributed by atoms with E-state index in [1.54, 1.807) is 12.1 Å². The molecule has 0 atom stereocenters. The molecule has 0 bridgehead atoms. The molecule has 0 saturated heterocycles. The Morgan fingerprint density at radius 3 is 1.38 bits per heavy atom. The zero-order valence-corrected chi connectivity index (χ0v) is 11.9. The molecule has 0 aliphatic carbocycles. The molecule has 118 valence electrons. The number of aromatic nitrogens is 4. The lowest BCUT2D eigenvalue weighted by Gasteiger charge is -2.01. The van der Waals surface area contributed by atoms with Crippen LogP contribution in [0.25, 0.3) is 22.8 Å². The lowest BCUT2D eigenvalue weighted by atomic mass is 10.2. The van der Waals surface area contributed by atoms with Crippen molar-refractivity contribution in [2.24, 2.45) is 0 Å². The highest BCUT2D eigenvalue weighted by atomic mass is 16.6. The molecular weight excluding hydrogens is 316 g/mol. The van der Waals surface area contributed by atoms with Gasteiger partial charge in [0.1, 0.15) is 0 Å². The first-order valence-electron chi connectivity index (χ1n) is 6.61. The van der Waals surface area contributed by atoms with Gasteiger partial charge in [0.15, 0.2) is 0 Å². The summed E-state index contributed by atoms with van der Waals surface area (Å²) >= 11 is 0. The van der Waals surface area contributed by atoms with Crippen LogP contribution in [0, 0.1) is 20.2 Å². The van der Waals surface area contributed by atoms with Crippen molar-refractivity contribution in [3.05, 3.63) is 68.8 Å². The van der Waals surface area contributed by atoms with Crippen LogP contribution in [-0.2, 0) is 0 Å². The first kappa shape index (κ1) is 15.1. The normalized spacial score (nSPS) is 10.3. The standard InChI is InChI=1S/C14H8N6O4/c21-19(22)11-5-1-3-9(7-11)13-15-17-14(18-16-13)10-4-2-6-12(8-10)20(23)24/h1-8H. The lowest BCUT2D eigenvalue weighted by molar-refractivity contribution is -0.385. The van der Waals surface area contributed by atoms with Crippen molar-refractivity contribution < 1.29 is 9.85 Å². The van der Waals surface area contributed by atoms with E-state index >= 15 is 0 Å². The predicted molar refractivity (Wildman–Crippen MR) is 81.8 cm³/mol. The van der Waals surface area contributed by atoms with Crippen LogP contribution in [0.2, 0.25) is 0 Å². The van der Waals surface area contributed by atoms with Gasteiger partial charge in [-0.25, -0.2) is 0 Å². The summed E-state index contributed by atoms with van der Waals surface area (Å²) in [6, 6.07) is 11.5. The minimum atomic E-state index is -0.526. The van der Waals surface area contributed by atoms with Crippen LogP contribution >= 0.6 is 0 Å². The molecule has 0 aliphatic rings. The summed E-state index contributed by atoms with van der Waals surface area (Å²) in [5, 5.41) is 37.1. The fraction of sp³-hybridized carbons (Fsp3) is 0. The van der Waals surface area contributed by atoms with E-state index in [0.29, 0.717) is 11.1 Å². The number of nitro benzene ring substituents is 2. The number of non-ortho nitro benzene ring substituents is 2. The van der Waals surface area contributed by atoms with Crippen LogP contribution in [0.1, 0.15) is 0 Å². The fourth-order valence-electron chi connectivity index (χ4n) is 1.98. The highest BCUT2D eigenvalue weighted by Crippen LogP contribution is 2.22. The molecule has 1 aromatic heterocycles. The number of nitrogens with zero attached hydrogens (tertiary/aromatic N) is 6. The van der Waals surface area contributed by atoms with Crippen molar-refractivity contribution >= 4 is 11.4 Å². The Kier molecular flexibility index (Phi) is 3.85. The summed E-state index contributed by atoms with van der Waals surface area (Å²) < 4.78 is 0. The maximum absolute atomic E-state index is 10.8. The van der Waals surface area contributed by atoms with Crippen molar-refractivity contribution in [1.29, 1.82) is 0 Å². The monoisotopic (exact) mass is 324 g/mol. The molecule has 2 aromatic carbocycles. The van der Waals surface area contributed by atoms with Gasteiger partial charge in [0, 0.05) is 35.4 Å². The minimum Gasteiger partial charge on any atom is -0.258 e. The molecule has 10 heteroatoms. The van der Waals surface area contributed by atoms with E-state index in [2.05, 4.69) is 20.4 Å². The van der Waals surface area contributed by atoms with Crippen LogP contribution < -0.4 is 0 Å². The van der Waals surface area contributed by atoms with Crippen molar-refractivity contribution in [1.82, 2.24) is 20.4 Å². The minimum absolute atomic E-state index is 0.0983. The van der Waals surface area contributed by atoms with Gasteiger partial charge in [-0.2, -0.15) is 0 Å². The number of benzene rings is 2. The molecule has 0 radical (unpaired) electrons. The molecule has 3 aromatic rings. The highest BCUT2D eigenvalue weighted by Gasteiger charge is 2.12. The Morgan fingerprint density at radius 1 is 0.667 bits per heavy atom. The summed E-state index contributed by atoms with van der Waals surface area (Å²) in [5.74, 6) is 0.237. The van der Waals surface area contributed by atoms with Gasteiger partial charge in [-0.15, -0.1) is 20.4 Å². The Morgan fingerprint density at radius 2 is 1.04 bits per heavy atom. The van der Waals surface area contributed by atoms with E-state index in [1.165, 1.54) is 36.4 Å². The van der Waals surface area contributed by atoms with E-state index < -0.39 is 9.85 Å². The third kappa shape index (κ3) is 3.02. The van der Waals surface area contributed by atoms with Gasteiger partial charge in [0.05, 0.1) is 9.85 Å². The van der Waals surface area contributed by atoms with E-state index in [1.807, 2.05) is 0 Å². The third-order valence-corrected chi connectivity index (χ3v) is 3.11. The maximum Gasteiger partial charge on any atom is 0.270 e. The quantitative estimate of drug-likeness (QED) is 0.526. The second kappa shape index (κ2) is 6.12. The summed E-state index contributed by atoms with van der Waals surface area (Å²) in [7, 11) is 0. The Labute approximate surface area is 134 Å². The average molecular weight is 324 g/mol. The first-order valence-corrected chi connectivity index (χ1v) is 6.61. The van der Waals surface area contributed by atoms with E-state index in [-0.39, 0.29) is 23.0 Å². The summed E-state index contributed by atoms with van der Waals surface area (Å²) in [5.41, 5.74) is 0.599. The third-order valence-electron chi connectivity index (χ3n) is 3.11. The molecule has 1 heterocycles. The SMILES string of the molecule is O=[N+]([O-])c1cccc(-c2nnc(-c3cccc([N+](=O)[O-])c3)nn2)c1. The largest absolute Gasteiger partial charge is 0.270 e. The van der Waals surface area contributed by atoms with E-state index in [0.717, 1.165) is 0 Å².